The van der Waals surface area contributed by atoms with E-state index in [1.54, 1.807) is 30.3 Å². The summed E-state index contributed by atoms with van der Waals surface area (Å²) in [6, 6.07) is 17.2. The molecule has 7 heteroatoms. The van der Waals surface area contributed by atoms with Gasteiger partial charge in [0.05, 0.1) is 16.1 Å². The van der Waals surface area contributed by atoms with Gasteiger partial charge < -0.3 is 0 Å². The van der Waals surface area contributed by atoms with E-state index in [9.17, 15) is 24.1 Å². The highest BCUT2D eigenvalue weighted by molar-refractivity contribution is 9.10. The van der Waals surface area contributed by atoms with Crippen LogP contribution >= 0.6 is 15.9 Å². The third-order valence-corrected chi connectivity index (χ3v) is 5.65. The molecule has 4 rings (SSSR count). The average molecular weight is 492 g/mol. The van der Waals surface area contributed by atoms with Crippen LogP contribution in [-0.4, -0.2) is 16.5 Å². The Kier molecular flexibility index (Phi) is 5.92. The molecular weight excluding hydrogens is 477 g/mol. The van der Waals surface area contributed by atoms with Gasteiger partial charge in [0.15, 0.2) is 11.6 Å². The van der Waals surface area contributed by atoms with Crippen molar-refractivity contribution in [2.45, 2.75) is 6.42 Å². The zero-order valence-corrected chi connectivity index (χ0v) is 18.1. The van der Waals surface area contributed by atoms with Crippen molar-refractivity contribution in [3.8, 4) is 0 Å². The molecule has 3 aromatic rings. The van der Waals surface area contributed by atoms with Crippen LogP contribution in [0.4, 0.5) is 10.1 Å². The smallest absolute Gasteiger partial charge is 0.276 e. The number of rotatable bonds is 5. The van der Waals surface area contributed by atoms with E-state index in [-0.39, 0.29) is 34.4 Å². The summed E-state index contributed by atoms with van der Waals surface area (Å²) in [5.74, 6) is -1.64. The van der Waals surface area contributed by atoms with Gasteiger partial charge in [-0.25, -0.2) is 4.39 Å². The number of Topliss-reactive ketones (excluding diaryl/α,β-unsaturated/α-hetero) is 1. The van der Waals surface area contributed by atoms with Gasteiger partial charge in [-0.15, -0.1) is 0 Å². The first-order chi connectivity index (χ1) is 15.4. The number of hydrogen-bond acceptors (Lipinski definition) is 4. The van der Waals surface area contributed by atoms with Gasteiger partial charge in [0.2, 0.25) is 0 Å². The zero-order chi connectivity index (χ0) is 22.8. The number of nitrogens with zero attached hydrogens (tertiary/aromatic N) is 1. The van der Waals surface area contributed by atoms with Crippen molar-refractivity contribution in [3.05, 3.63) is 121 Å². The lowest BCUT2D eigenvalue weighted by Gasteiger charge is -2.22. The summed E-state index contributed by atoms with van der Waals surface area (Å²) < 4.78 is 15.5. The van der Waals surface area contributed by atoms with Crippen molar-refractivity contribution >= 4 is 44.8 Å². The Morgan fingerprint density at radius 1 is 1.03 bits per heavy atom. The third kappa shape index (κ3) is 4.07. The molecule has 5 nitrogen and oxygen atoms in total. The Hall–Kier alpha value is -3.71. The number of halogens is 2. The minimum Gasteiger partial charge on any atom is -0.294 e. The van der Waals surface area contributed by atoms with Crippen molar-refractivity contribution < 1.29 is 18.9 Å². The lowest BCUT2D eigenvalue weighted by atomic mass is 9.80. The Morgan fingerprint density at radius 2 is 1.75 bits per heavy atom. The molecule has 0 heterocycles. The van der Waals surface area contributed by atoms with Crippen LogP contribution in [0, 0.1) is 15.9 Å². The second-order valence-electron chi connectivity index (χ2n) is 7.14. The minimum absolute atomic E-state index is 0.000956. The topological polar surface area (TPSA) is 77.3 Å². The number of carbonyl (C=O) groups is 2. The van der Waals surface area contributed by atoms with Crippen molar-refractivity contribution in [1.29, 1.82) is 0 Å². The van der Waals surface area contributed by atoms with E-state index in [0.29, 0.717) is 11.1 Å². The number of para-hydroxylation sites is 1. The van der Waals surface area contributed by atoms with Crippen LogP contribution in [0.5, 0.6) is 0 Å². The Balaban J connectivity index is 1.90. The number of nitro benzene ring substituents is 1. The highest BCUT2D eigenvalue weighted by Crippen LogP contribution is 2.37. The molecular formula is C25H15BrFNO4. The molecule has 0 aliphatic heterocycles. The number of benzene rings is 3. The fourth-order valence-electron chi connectivity index (χ4n) is 3.72. The molecule has 0 amide bonds. The van der Waals surface area contributed by atoms with Crippen LogP contribution < -0.4 is 0 Å². The van der Waals surface area contributed by atoms with E-state index < -0.39 is 22.3 Å². The van der Waals surface area contributed by atoms with Crippen LogP contribution in [0.25, 0.3) is 11.6 Å². The number of nitro groups is 1. The van der Waals surface area contributed by atoms with Crippen LogP contribution in [-0.2, 0) is 16.0 Å². The van der Waals surface area contributed by atoms with Crippen LogP contribution in [0.2, 0.25) is 0 Å². The van der Waals surface area contributed by atoms with Gasteiger partial charge in [-0.2, -0.15) is 0 Å². The average Bonchev–Trinajstić information content (AvgIpc) is 2.77. The first-order valence-corrected chi connectivity index (χ1v) is 10.4. The SMILES string of the molecule is O=C(C=Cc1ccccc1[N+](=O)[O-])C1=C(c2ccccc2F)c2cc(Br)ccc2CC1=O. The lowest BCUT2D eigenvalue weighted by Crippen LogP contribution is -2.22. The zero-order valence-electron chi connectivity index (χ0n) is 16.5. The third-order valence-electron chi connectivity index (χ3n) is 5.16. The molecule has 0 bridgehead atoms. The largest absolute Gasteiger partial charge is 0.294 e. The van der Waals surface area contributed by atoms with E-state index in [0.717, 1.165) is 10.5 Å². The fourth-order valence-corrected chi connectivity index (χ4v) is 4.08. The quantitative estimate of drug-likeness (QED) is 0.198. The van der Waals surface area contributed by atoms with Crippen molar-refractivity contribution in [2.24, 2.45) is 0 Å². The van der Waals surface area contributed by atoms with E-state index in [1.807, 2.05) is 0 Å². The van der Waals surface area contributed by atoms with Gasteiger partial charge in [-0.3, -0.25) is 19.7 Å². The molecule has 0 unspecified atom stereocenters. The van der Waals surface area contributed by atoms with E-state index >= 15 is 0 Å². The molecule has 0 radical (unpaired) electrons. The van der Waals surface area contributed by atoms with Crippen molar-refractivity contribution in [3.63, 3.8) is 0 Å². The number of carbonyl (C=O) groups excluding carboxylic acids is 2. The molecule has 1 aliphatic carbocycles. The van der Waals surface area contributed by atoms with Gasteiger partial charge in [0, 0.05) is 28.1 Å². The maximum absolute atomic E-state index is 14.8. The van der Waals surface area contributed by atoms with Gasteiger partial charge in [0.1, 0.15) is 5.82 Å². The Morgan fingerprint density at radius 3 is 2.50 bits per heavy atom. The highest BCUT2D eigenvalue weighted by Gasteiger charge is 2.31. The molecule has 1 aliphatic rings. The van der Waals surface area contributed by atoms with Crippen LogP contribution in [0.1, 0.15) is 22.3 Å². The van der Waals surface area contributed by atoms with E-state index in [4.69, 9.17) is 0 Å². The molecule has 158 valence electrons. The van der Waals surface area contributed by atoms with Gasteiger partial charge in [-0.1, -0.05) is 52.3 Å². The summed E-state index contributed by atoms with van der Waals surface area (Å²) >= 11 is 3.40. The standard InChI is InChI=1S/C25H15BrFNO4/c26-17-11-9-16-13-23(30)25(24(19(16)14-17)18-6-2-3-7-20(18)27)22(29)12-10-15-5-1-4-8-21(15)28(31)32/h1-12,14H,13H2. The number of ketones is 2. The molecule has 0 fully saturated rings. The second kappa shape index (κ2) is 8.80. The first kappa shape index (κ1) is 21.5. The predicted octanol–water partition coefficient (Wildman–Crippen LogP) is 5.71. The fraction of sp³-hybridized carbons (Fsp3) is 0.0400. The van der Waals surface area contributed by atoms with E-state index in [1.165, 1.54) is 42.5 Å². The normalized spacial score (nSPS) is 13.4. The molecule has 0 aromatic heterocycles. The maximum atomic E-state index is 14.8. The first-order valence-electron chi connectivity index (χ1n) is 9.64. The van der Waals surface area contributed by atoms with Crippen molar-refractivity contribution in [2.75, 3.05) is 0 Å². The number of allylic oxidation sites excluding steroid dienone is 2. The molecule has 0 saturated heterocycles. The molecule has 0 atom stereocenters. The number of fused-ring (bicyclic) bond motifs is 1. The second-order valence-corrected chi connectivity index (χ2v) is 8.06. The summed E-state index contributed by atoms with van der Waals surface area (Å²) in [7, 11) is 0. The molecule has 0 spiro atoms. The highest BCUT2D eigenvalue weighted by atomic mass is 79.9. The lowest BCUT2D eigenvalue weighted by molar-refractivity contribution is -0.385. The summed E-state index contributed by atoms with van der Waals surface area (Å²) in [5.41, 5.74) is 1.56. The van der Waals surface area contributed by atoms with Gasteiger partial charge in [0.25, 0.3) is 5.69 Å². The van der Waals surface area contributed by atoms with Gasteiger partial charge in [-0.05, 0) is 47.5 Å². The molecule has 32 heavy (non-hydrogen) atoms. The molecule has 0 N–H and O–H groups in total. The summed E-state index contributed by atoms with van der Waals surface area (Å²) in [6.07, 6.45) is 2.43. The van der Waals surface area contributed by atoms with Gasteiger partial charge >= 0.3 is 0 Å². The maximum Gasteiger partial charge on any atom is 0.276 e. The van der Waals surface area contributed by atoms with E-state index in [2.05, 4.69) is 15.9 Å². The monoisotopic (exact) mass is 491 g/mol. The predicted molar refractivity (Wildman–Crippen MR) is 122 cm³/mol. The van der Waals surface area contributed by atoms with Crippen LogP contribution in [0.3, 0.4) is 0 Å². The molecule has 0 saturated carbocycles. The molecule has 3 aromatic carbocycles. The van der Waals surface area contributed by atoms with Crippen molar-refractivity contribution in [1.82, 2.24) is 0 Å². The number of hydrogen-bond donors (Lipinski definition) is 0. The summed E-state index contributed by atoms with van der Waals surface area (Å²) in [4.78, 5) is 36.9. The van der Waals surface area contributed by atoms with Crippen LogP contribution in [0.15, 0.2) is 82.9 Å². The summed E-state index contributed by atoms with van der Waals surface area (Å²) in [5, 5.41) is 11.2. The minimum atomic E-state index is -0.642. The Bertz CT molecular complexity index is 1340. The summed E-state index contributed by atoms with van der Waals surface area (Å²) in [6.45, 7) is 0. The Labute approximate surface area is 191 Å².